The molecule has 4 fully saturated rings. The lowest BCUT2D eigenvalue weighted by Gasteiger charge is -2.60. The lowest BCUT2D eigenvalue weighted by atomic mass is 9.44. The van der Waals surface area contributed by atoms with Crippen LogP contribution in [-0.4, -0.2) is 55.9 Å². The first-order chi connectivity index (χ1) is 16.1. The number of fused-ring (bicyclic) bond motifs is 5. The monoisotopic (exact) mass is 490 g/mol. The van der Waals surface area contributed by atoms with Crippen LogP contribution in [0.3, 0.4) is 0 Å². The quantitative estimate of drug-likeness (QED) is 0.450. The Morgan fingerprint density at radius 3 is 2.40 bits per heavy atom. The van der Waals surface area contributed by atoms with Gasteiger partial charge in [-0.3, -0.25) is 9.59 Å². The summed E-state index contributed by atoms with van der Waals surface area (Å²) in [6, 6.07) is 0. The van der Waals surface area contributed by atoms with E-state index in [1.807, 2.05) is 20.8 Å². The fourth-order valence-corrected chi connectivity index (χ4v) is 8.50. The minimum absolute atomic E-state index is 0.0154. The maximum Gasteiger partial charge on any atom is 0.190 e. The van der Waals surface area contributed by atoms with Crippen LogP contribution in [0.4, 0.5) is 0 Å². The van der Waals surface area contributed by atoms with Gasteiger partial charge in [-0.2, -0.15) is 0 Å². The molecule has 4 aliphatic carbocycles. The van der Waals surface area contributed by atoms with Crippen molar-refractivity contribution < 1.29 is 30.0 Å². The van der Waals surface area contributed by atoms with Crippen molar-refractivity contribution in [2.24, 2.45) is 40.4 Å². The third-order valence-corrected chi connectivity index (χ3v) is 10.2. The molecular weight excluding hydrogens is 444 g/mol. The fraction of sp³-hybridized carbons (Fsp3) is 0.862. The largest absolute Gasteiger partial charge is 0.393 e. The molecule has 6 heteroatoms. The molecular formula is C29H46O6. The molecule has 0 aromatic rings. The van der Waals surface area contributed by atoms with Gasteiger partial charge in [0.2, 0.25) is 0 Å². The zero-order valence-electron chi connectivity index (χ0n) is 22.2. The van der Waals surface area contributed by atoms with Crippen LogP contribution in [0.25, 0.3) is 0 Å². The highest BCUT2D eigenvalue weighted by Gasteiger charge is 2.68. The molecule has 0 aromatic heterocycles. The average molecular weight is 491 g/mol. The van der Waals surface area contributed by atoms with Gasteiger partial charge in [-0.25, -0.2) is 0 Å². The van der Waals surface area contributed by atoms with Crippen molar-refractivity contribution in [3.63, 3.8) is 0 Å². The molecule has 4 saturated carbocycles. The Bertz CT molecular complexity index is 858. The lowest BCUT2D eigenvalue weighted by molar-refractivity contribution is -0.180. The van der Waals surface area contributed by atoms with Crippen LogP contribution in [0.2, 0.25) is 0 Å². The predicted molar refractivity (Wildman–Crippen MR) is 134 cm³/mol. The van der Waals surface area contributed by atoms with Crippen LogP contribution in [-0.2, 0) is 9.59 Å². The minimum Gasteiger partial charge on any atom is -0.393 e. The molecule has 0 amide bonds. The van der Waals surface area contributed by atoms with Crippen molar-refractivity contribution >= 4 is 11.6 Å². The zero-order chi connectivity index (χ0) is 26.4. The normalized spacial score (nSPS) is 44.1. The second-order valence-corrected chi connectivity index (χ2v) is 13.0. The van der Waals surface area contributed by atoms with E-state index in [-0.39, 0.29) is 41.5 Å². The summed E-state index contributed by atoms with van der Waals surface area (Å²) in [6.45, 7) is 9.19. The second kappa shape index (κ2) is 9.89. The first-order valence-electron chi connectivity index (χ1n) is 13.4. The van der Waals surface area contributed by atoms with E-state index >= 15 is 0 Å². The van der Waals surface area contributed by atoms with Crippen LogP contribution in [0, 0.1) is 52.8 Å². The third-order valence-electron chi connectivity index (χ3n) is 10.2. The molecule has 0 bridgehead atoms. The number of aliphatic hydroxyl groups is 4. The van der Waals surface area contributed by atoms with Crippen LogP contribution < -0.4 is 0 Å². The summed E-state index contributed by atoms with van der Waals surface area (Å²) in [7, 11) is 0. The van der Waals surface area contributed by atoms with E-state index in [0.717, 1.165) is 38.5 Å². The van der Waals surface area contributed by atoms with Crippen molar-refractivity contribution in [1.29, 1.82) is 0 Å². The highest BCUT2D eigenvalue weighted by atomic mass is 16.3. The van der Waals surface area contributed by atoms with Gasteiger partial charge in [-0.05, 0) is 87.4 Å². The summed E-state index contributed by atoms with van der Waals surface area (Å²) < 4.78 is 0. The van der Waals surface area contributed by atoms with Crippen LogP contribution in [0.1, 0.15) is 92.4 Å². The maximum absolute atomic E-state index is 13.4. The molecule has 0 saturated heterocycles. The number of carbonyl (C=O) groups is 2. The molecule has 1 unspecified atom stereocenters. The van der Waals surface area contributed by atoms with Crippen LogP contribution in [0.15, 0.2) is 0 Å². The molecule has 0 spiro atoms. The number of carbonyl (C=O) groups excluding carboxylic acids is 2. The number of terminal acetylenes is 1. The van der Waals surface area contributed by atoms with Crippen molar-refractivity contribution in [3.05, 3.63) is 0 Å². The Morgan fingerprint density at radius 1 is 1.20 bits per heavy atom. The SMILES string of the molecule is C#CC(C)(O)CC(C)C.C[C@]12CC[C@@H](O)C[C@H]1CC[C@@H]1[C@@H]2C(=O)C[C@@]2(C)[C@H]1CC[C@]2(O)C(=O)CO. The number of ketones is 2. The Kier molecular flexibility index (Phi) is 8.00. The summed E-state index contributed by atoms with van der Waals surface area (Å²) in [5, 5.41) is 39.9. The average Bonchev–Trinajstić information content (AvgIpc) is 3.04. The lowest BCUT2D eigenvalue weighted by Crippen LogP contribution is -2.62. The van der Waals surface area contributed by atoms with Crippen molar-refractivity contribution in [2.75, 3.05) is 6.61 Å². The highest BCUT2D eigenvalue weighted by molar-refractivity contribution is 5.92. The van der Waals surface area contributed by atoms with Crippen LogP contribution >= 0.6 is 0 Å². The van der Waals surface area contributed by atoms with Crippen molar-refractivity contribution in [3.8, 4) is 12.3 Å². The molecule has 9 atom stereocenters. The number of hydrogen-bond donors (Lipinski definition) is 4. The van der Waals surface area contributed by atoms with Gasteiger partial charge >= 0.3 is 0 Å². The molecule has 4 aliphatic rings. The number of aliphatic hydroxyl groups excluding tert-OH is 2. The van der Waals surface area contributed by atoms with Gasteiger partial charge in [-0.15, -0.1) is 6.42 Å². The summed E-state index contributed by atoms with van der Waals surface area (Å²) in [5.41, 5.74) is -3.31. The standard InChI is InChI=1S/C21H32O5.C8H14O/c1-19-7-5-13(23)9-12(19)3-4-14-15-6-8-21(26,17(25)11-22)20(15,2)10-16(24)18(14)19;1-5-8(4,9)6-7(2)3/h12-15,18,22-23,26H,3-11H2,1-2H3;1,7,9H,6H2,2-4H3/t12-,13-,14+,15+,18-,19+,20+,21+;/m1./s1. The molecule has 35 heavy (non-hydrogen) atoms. The molecule has 4 N–H and O–H groups in total. The summed E-state index contributed by atoms with van der Waals surface area (Å²) in [5.74, 6) is 3.16. The highest BCUT2D eigenvalue weighted by Crippen LogP contribution is 2.67. The van der Waals surface area contributed by atoms with Gasteiger partial charge in [0.05, 0.1) is 6.10 Å². The molecule has 198 valence electrons. The number of hydrogen-bond acceptors (Lipinski definition) is 6. The van der Waals surface area contributed by atoms with E-state index in [0.29, 0.717) is 24.7 Å². The molecule has 0 heterocycles. The molecule has 4 rings (SSSR count). The maximum atomic E-state index is 13.4. The summed E-state index contributed by atoms with van der Waals surface area (Å²) in [4.78, 5) is 25.7. The van der Waals surface area contributed by atoms with E-state index in [1.165, 1.54) is 0 Å². The number of Topliss-reactive ketones (excluding diaryl/α,β-unsaturated/α-hetero) is 2. The van der Waals surface area contributed by atoms with Gasteiger partial charge in [0, 0.05) is 17.8 Å². The molecule has 0 aliphatic heterocycles. The van der Waals surface area contributed by atoms with E-state index in [4.69, 9.17) is 6.42 Å². The zero-order valence-corrected chi connectivity index (χ0v) is 22.2. The van der Waals surface area contributed by atoms with Gasteiger partial charge in [0.1, 0.15) is 23.6 Å². The smallest absolute Gasteiger partial charge is 0.190 e. The second-order valence-electron chi connectivity index (χ2n) is 13.0. The van der Waals surface area contributed by atoms with E-state index in [1.54, 1.807) is 6.92 Å². The summed E-state index contributed by atoms with van der Waals surface area (Å²) >= 11 is 0. The van der Waals surface area contributed by atoms with Crippen molar-refractivity contribution in [1.82, 2.24) is 0 Å². The Balaban J connectivity index is 0.000000327. The minimum atomic E-state index is -1.58. The van der Waals surface area contributed by atoms with E-state index < -0.39 is 29.0 Å². The summed E-state index contributed by atoms with van der Waals surface area (Å²) in [6.07, 6.45) is 11.2. The van der Waals surface area contributed by atoms with E-state index in [9.17, 15) is 30.0 Å². The van der Waals surface area contributed by atoms with Gasteiger partial charge in [0.25, 0.3) is 0 Å². The molecule has 0 radical (unpaired) electrons. The Labute approximate surface area is 210 Å². The predicted octanol–water partition coefficient (Wildman–Crippen LogP) is 3.28. The van der Waals surface area contributed by atoms with Gasteiger partial charge in [0.15, 0.2) is 5.78 Å². The van der Waals surface area contributed by atoms with Crippen LogP contribution in [0.5, 0.6) is 0 Å². The van der Waals surface area contributed by atoms with Gasteiger partial charge in [-0.1, -0.05) is 33.6 Å². The van der Waals surface area contributed by atoms with E-state index in [2.05, 4.69) is 12.8 Å². The van der Waals surface area contributed by atoms with Gasteiger partial charge < -0.3 is 20.4 Å². The van der Waals surface area contributed by atoms with Crippen molar-refractivity contribution in [2.45, 2.75) is 110 Å². The first kappa shape index (κ1) is 28.3. The molecule has 6 nitrogen and oxygen atoms in total. The topological polar surface area (TPSA) is 115 Å². The number of rotatable bonds is 4. The fourth-order valence-electron chi connectivity index (χ4n) is 8.50. The Morgan fingerprint density at radius 2 is 1.86 bits per heavy atom. The first-order valence-corrected chi connectivity index (χ1v) is 13.4. The third kappa shape index (κ3) is 4.87. The Hall–Kier alpha value is -1.26. The molecule has 0 aromatic carbocycles.